The Morgan fingerprint density at radius 1 is 1.25 bits per heavy atom. The van der Waals surface area contributed by atoms with Crippen molar-refractivity contribution in [3.05, 3.63) is 16.4 Å². The van der Waals surface area contributed by atoms with Crippen LogP contribution in [0.4, 0.5) is 0 Å². The molecule has 20 heavy (non-hydrogen) atoms. The molecule has 8 heteroatoms. The van der Waals surface area contributed by atoms with Gasteiger partial charge in [-0.3, -0.25) is 0 Å². The standard InChI is InChI=1S/C12H21N7S/c1-4-6-9-12(20-18-14-9)10(13-7-5-2)8-11-15-17-19(3)16-11/h10,13H,4-8H2,1-3H3. The summed E-state index contributed by atoms with van der Waals surface area (Å²) in [5, 5.41) is 20.0. The Bertz CT molecular complexity index is 521. The summed E-state index contributed by atoms with van der Waals surface area (Å²) in [5.74, 6) is 0.747. The number of rotatable bonds is 8. The van der Waals surface area contributed by atoms with Gasteiger partial charge in [-0.25, -0.2) is 0 Å². The fourth-order valence-corrected chi connectivity index (χ4v) is 2.82. The zero-order valence-electron chi connectivity index (χ0n) is 12.2. The minimum Gasteiger partial charge on any atom is -0.309 e. The lowest BCUT2D eigenvalue weighted by molar-refractivity contribution is 0.519. The van der Waals surface area contributed by atoms with Crippen LogP contribution in [-0.2, 0) is 19.9 Å². The molecular formula is C12H21N7S. The molecule has 110 valence electrons. The molecule has 0 aliphatic carbocycles. The van der Waals surface area contributed by atoms with Crippen LogP contribution in [0.25, 0.3) is 0 Å². The maximum absolute atomic E-state index is 4.26. The topological polar surface area (TPSA) is 81.4 Å². The number of aromatic nitrogens is 6. The van der Waals surface area contributed by atoms with Crippen LogP contribution in [0.5, 0.6) is 0 Å². The first-order valence-electron chi connectivity index (χ1n) is 7.02. The van der Waals surface area contributed by atoms with Crippen LogP contribution in [0.15, 0.2) is 0 Å². The van der Waals surface area contributed by atoms with Crippen LogP contribution in [0.3, 0.4) is 0 Å². The van der Waals surface area contributed by atoms with E-state index in [1.165, 1.54) is 21.2 Å². The van der Waals surface area contributed by atoms with Crippen molar-refractivity contribution in [1.82, 2.24) is 35.1 Å². The van der Waals surface area contributed by atoms with Gasteiger partial charge in [0.05, 0.1) is 23.7 Å². The minimum absolute atomic E-state index is 0.167. The molecule has 0 aromatic carbocycles. The first-order valence-corrected chi connectivity index (χ1v) is 7.79. The van der Waals surface area contributed by atoms with Crippen molar-refractivity contribution in [2.24, 2.45) is 7.05 Å². The molecule has 0 bridgehead atoms. The molecule has 0 saturated heterocycles. The molecule has 2 heterocycles. The van der Waals surface area contributed by atoms with Gasteiger partial charge < -0.3 is 5.32 Å². The van der Waals surface area contributed by atoms with Crippen LogP contribution < -0.4 is 5.32 Å². The molecule has 0 aliphatic heterocycles. The van der Waals surface area contributed by atoms with E-state index in [4.69, 9.17) is 0 Å². The summed E-state index contributed by atoms with van der Waals surface area (Å²) < 4.78 is 4.11. The fourth-order valence-electron chi connectivity index (χ4n) is 2.05. The highest BCUT2D eigenvalue weighted by Crippen LogP contribution is 2.24. The lowest BCUT2D eigenvalue weighted by Gasteiger charge is -2.15. The second-order valence-electron chi connectivity index (χ2n) is 4.74. The summed E-state index contributed by atoms with van der Waals surface area (Å²) in [6, 6.07) is 0.167. The van der Waals surface area contributed by atoms with Gasteiger partial charge in [0.1, 0.15) is 0 Å². The van der Waals surface area contributed by atoms with E-state index in [-0.39, 0.29) is 6.04 Å². The Hall–Kier alpha value is -1.41. The summed E-state index contributed by atoms with van der Waals surface area (Å²) in [4.78, 5) is 2.69. The summed E-state index contributed by atoms with van der Waals surface area (Å²) in [5.41, 5.74) is 1.09. The molecule has 2 rings (SSSR count). The smallest absolute Gasteiger partial charge is 0.176 e. The van der Waals surface area contributed by atoms with E-state index in [9.17, 15) is 0 Å². The van der Waals surface area contributed by atoms with Gasteiger partial charge in [-0.1, -0.05) is 24.8 Å². The van der Waals surface area contributed by atoms with Gasteiger partial charge >= 0.3 is 0 Å². The number of hydrogen-bond acceptors (Lipinski definition) is 7. The van der Waals surface area contributed by atoms with Crippen molar-refractivity contribution in [2.75, 3.05) is 6.54 Å². The SMILES string of the molecule is CCCNC(Cc1nnn(C)n1)c1snnc1CCC. The Morgan fingerprint density at radius 2 is 2.10 bits per heavy atom. The number of tetrazole rings is 1. The number of nitrogens with one attached hydrogen (secondary N) is 1. The first kappa shape index (κ1) is 15.0. The average Bonchev–Trinajstić information content (AvgIpc) is 3.04. The predicted octanol–water partition coefficient (Wildman–Crippen LogP) is 1.30. The molecule has 0 amide bonds. The van der Waals surface area contributed by atoms with Crippen molar-refractivity contribution in [1.29, 1.82) is 0 Å². The fraction of sp³-hybridized carbons (Fsp3) is 0.750. The molecule has 0 saturated carbocycles. The van der Waals surface area contributed by atoms with Crippen molar-refractivity contribution >= 4 is 11.5 Å². The van der Waals surface area contributed by atoms with Gasteiger partial charge in [0.15, 0.2) is 5.82 Å². The van der Waals surface area contributed by atoms with Crippen LogP contribution in [0, 0.1) is 0 Å². The van der Waals surface area contributed by atoms with E-state index in [1.54, 1.807) is 7.05 Å². The van der Waals surface area contributed by atoms with E-state index >= 15 is 0 Å². The highest BCUT2D eigenvalue weighted by Gasteiger charge is 2.20. The molecule has 2 aromatic heterocycles. The second kappa shape index (κ2) is 7.39. The molecule has 0 aliphatic rings. The number of hydrogen-bond donors (Lipinski definition) is 1. The third kappa shape index (κ3) is 3.80. The van der Waals surface area contributed by atoms with E-state index in [2.05, 4.69) is 44.2 Å². The zero-order valence-corrected chi connectivity index (χ0v) is 13.0. The summed E-state index contributed by atoms with van der Waals surface area (Å²) in [6.07, 6.45) is 3.83. The lowest BCUT2D eigenvalue weighted by Crippen LogP contribution is -2.24. The molecule has 0 fully saturated rings. The van der Waals surface area contributed by atoms with Gasteiger partial charge in [-0.2, -0.15) is 4.80 Å². The molecule has 1 atom stereocenters. The Labute approximate surface area is 122 Å². The van der Waals surface area contributed by atoms with Crippen LogP contribution >= 0.6 is 11.5 Å². The van der Waals surface area contributed by atoms with E-state index in [0.717, 1.165) is 37.3 Å². The number of aryl methyl sites for hydroxylation is 2. The Kier molecular flexibility index (Phi) is 5.54. The highest BCUT2D eigenvalue weighted by atomic mass is 32.1. The van der Waals surface area contributed by atoms with Crippen LogP contribution in [0.1, 0.15) is 49.1 Å². The third-order valence-electron chi connectivity index (χ3n) is 2.97. The van der Waals surface area contributed by atoms with Crippen molar-refractivity contribution < 1.29 is 0 Å². The summed E-state index contributed by atoms with van der Waals surface area (Å²) >= 11 is 1.47. The van der Waals surface area contributed by atoms with Gasteiger partial charge in [-0.15, -0.1) is 15.3 Å². The summed E-state index contributed by atoms with van der Waals surface area (Å²) in [6.45, 7) is 5.26. The van der Waals surface area contributed by atoms with Gasteiger partial charge in [0.2, 0.25) is 0 Å². The molecule has 2 aromatic rings. The van der Waals surface area contributed by atoms with E-state index < -0.39 is 0 Å². The molecule has 0 radical (unpaired) electrons. The van der Waals surface area contributed by atoms with Crippen LogP contribution in [-0.4, -0.2) is 36.3 Å². The number of nitrogens with zero attached hydrogens (tertiary/aromatic N) is 6. The first-order chi connectivity index (χ1) is 9.74. The van der Waals surface area contributed by atoms with Crippen molar-refractivity contribution in [3.8, 4) is 0 Å². The highest BCUT2D eigenvalue weighted by molar-refractivity contribution is 7.05. The molecule has 0 spiro atoms. The van der Waals surface area contributed by atoms with E-state index in [0.29, 0.717) is 6.42 Å². The van der Waals surface area contributed by atoms with Crippen molar-refractivity contribution in [3.63, 3.8) is 0 Å². The largest absolute Gasteiger partial charge is 0.309 e. The maximum Gasteiger partial charge on any atom is 0.176 e. The molecule has 7 nitrogen and oxygen atoms in total. The normalized spacial score (nSPS) is 12.8. The quantitative estimate of drug-likeness (QED) is 0.790. The zero-order chi connectivity index (χ0) is 14.4. The minimum atomic E-state index is 0.167. The van der Waals surface area contributed by atoms with Gasteiger partial charge in [0, 0.05) is 6.42 Å². The second-order valence-corrected chi connectivity index (χ2v) is 5.53. The maximum atomic E-state index is 4.26. The van der Waals surface area contributed by atoms with Gasteiger partial charge in [-0.05, 0) is 36.1 Å². The predicted molar refractivity (Wildman–Crippen MR) is 77.4 cm³/mol. The van der Waals surface area contributed by atoms with Crippen molar-refractivity contribution in [2.45, 2.75) is 45.6 Å². The monoisotopic (exact) mass is 295 g/mol. The average molecular weight is 295 g/mol. The lowest BCUT2D eigenvalue weighted by atomic mass is 10.1. The van der Waals surface area contributed by atoms with E-state index in [1.807, 2.05) is 0 Å². The van der Waals surface area contributed by atoms with Gasteiger partial charge in [0.25, 0.3) is 0 Å². The molecular weight excluding hydrogens is 274 g/mol. The Balaban J connectivity index is 2.15. The summed E-state index contributed by atoms with van der Waals surface area (Å²) in [7, 11) is 1.78. The third-order valence-corrected chi connectivity index (χ3v) is 3.85. The molecule has 1 N–H and O–H groups in total. The van der Waals surface area contributed by atoms with Crippen LogP contribution in [0.2, 0.25) is 0 Å². The Morgan fingerprint density at radius 3 is 2.75 bits per heavy atom. The molecule has 1 unspecified atom stereocenters.